The van der Waals surface area contributed by atoms with Gasteiger partial charge in [-0.15, -0.1) is 36.2 Å². The number of nitrogens with zero attached hydrogens (tertiary/aromatic N) is 2. The van der Waals surface area contributed by atoms with Gasteiger partial charge in [-0.1, -0.05) is 23.7 Å². The van der Waals surface area contributed by atoms with E-state index in [1.165, 1.54) is 5.56 Å². The average molecular weight is 425 g/mol. The number of benzene rings is 1. The van der Waals surface area contributed by atoms with Gasteiger partial charge in [0.2, 0.25) is 0 Å². The Kier molecular flexibility index (Phi) is 9.67. The van der Waals surface area contributed by atoms with Crippen LogP contribution in [-0.2, 0) is 11.3 Å². The zero-order valence-corrected chi connectivity index (χ0v) is 17.5. The minimum absolute atomic E-state index is 0. The van der Waals surface area contributed by atoms with Crippen LogP contribution in [0.15, 0.2) is 29.6 Å². The molecule has 2 atom stereocenters. The van der Waals surface area contributed by atoms with Gasteiger partial charge in [-0.25, -0.2) is 4.98 Å². The Hall–Kier alpha value is -0.400. The number of halogens is 3. The van der Waals surface area contributed by atoms with Crippen LogP contribution >= 0.6 is 47.8 Å². The van der Waals surface area contributed by atoms with Gasteiger partial charge in [0.1, 0.15) is 11.1 Å². The summed E-state index contributed by atoms with van der Waals surface area (Å²) in [5.41, 5.74) is 2.37. The topological polar surface area (TPSA) is 37.4 Å². The molecule has 4 nitrogen and oxygen atoms in total. The van der Waals surface area contributed by atoms with E-state index in [-0.39, 0.29) is 30.9 Å². The third-order valence-corrected chi connectivity index (χ3v) is 5.51. The van der Waals surface area contributed by atoms with E-state index in [2.05, 4.69) is 27.7 Å². The second-order valence-corrected chi connectivity index (χ2v) is 7.13. The summed E-state index contributed by atoms with van der Waals surface area (Å²) < 4.78 is 5.35. The lowest BCUT2D eigenvalue weighted by Crippen LogP contribution is -2.45. The number of hydrogen-bond donors (Lipinski definition) is 1. The SMILES string of the molecule is COC(C)c1nc(CN2CCNCC2c2cccc(Cl)c2)cs1.Cl.Cl. The van der Waals surface area contributed by atoms with E-state index >= 15 is 0 Å². The lowest BCUT2D eigenvalue weighted by atomic mass is 10.0. The number of nitrogens with one attached hydrogen (secondary N) is 1. The van der Waals surface area contributed by atoms with Gasteiger partial charge in [-0.2, -0.15) is 0 Å². The second kappa shape index (κ2) is 10.7. The van der Waals surface area contributed by atoms with Crippen LogP contribution in [0.3, 0.4) is 0 Å². The van der Waals surface area contributed by atoms with Crippen molar-refractivity contribution in [2.45, 2.75) is 25.6 Å². The lowest BCUT2D eigenvalue weighted by molar-refractivity contribution is 0.118. The molecule has 25 heavy (non-hydrogen) atoms. The predicted molar refractivity (Wildman–Crippen MR) is 110 cm³/mol. The van der Waals surface area contributed by atoms with Crippen LogP contribution in [-0.4, -0.2) is 36.6 Å². The first-order valence-corrected chi connectivity index (χ1v) is 9.10. The number of thiazole rings is 1. The largest absolute Gasteiger partial charge is 0.375 e. The Morgan fingerprint density at radius 2 is 2.24 bits per heavy atom. The van der Waals surface area contributed by atoms with Crippen molar-refractivity contribution < 1.29 is 4.74 Å². The van der Waals surface area contributed by atoms with Gasteiger partial charge >= 0.3 is 0 Å². The molecule has 1 aliphatic heterocycles. The summed E-state index contributed by atoms with van der Waals surface area (Å²) in [6.45, 7) is 5.83. The van der Waals surface area contributed by atoms with Gasteiger partial charge in [-0.05, 0) is 24.6 Å². The number of rotatable bonds is 5. The summed E-state index contributed by atoms with van der Waals surface area (Å²) in [6, 6.07) is 8.48. The summed E-state index contributed by atoms with van der Waals surface area (Å²) >= 11 is 7.83. The van der Waals surface area contributed by atoms with Gasteiger partial charge in [0.15, 0.2) is 0 Å². The van der Waals surface area contributed by atoms with Gasteiger partial charge < -0.3 is 10.1 Å². The highest BCUT2D eigenvalue weighted by Gasteiger charge is 2.25. The summed E-state index contributed by atoms with van der Waals surface area (Å²) in [5.74, 6) is 0. The van der Waals surface area contributed by atoms with Crippen LogP contribution in [0.25, 0.3) is 0 Å². The van der Waals surface area contributed by atoms with Crippen LogP contribution in [0.5, 0.6) is 0 Å². The molecule has 1 aromatic heterocycles. The van der Waals surface area contributed by atoms with E-state index < -0.39 is 0 Å². The molecule has 0 aliphatic carbocycles. The third kappa shape index (κ3) is 5.79. The van der Waals surface area contributed by atoms with Crippen LogP contribution in [0.1, 0.15) is 35.3 Å². The Bertz CT molecular complexity index is 656. The van der Waals surface area contributed by atoms with Crippen LogP contribution < -0.4 is 5.32 Å². The fraction of sp³-hybridized carbons (Fsp3) is 0.471. The second-order valence-electron chi connectivity index (χ2n) is 5.80. The molecule has 140 valence electrons. The summed E-state index contributed by atoms with van der Waals surface area (Å²) in [4.78, 5) is 7.20. The molecular formula is C17H24Cl3N3OS. The van der Waals surface area contributed by atoms with Crippen LogP contribution in [0, 0.1) is 0 Å². The van der Waals surface area contributed by atoms with Crippen molar-refractivity contribution in [3.8, 4) is 0 Å². The van der Waals surface area contributed by atoms with Gasteiger partial charge in [0.05, 0.1) is 5.69 Å². The first-order chi connectivity index (χ1) is 11.2. The zero-order chi connectivity index (χ0) is 16.2. The molecule has 8 heteroatoms. The first-order valence-electron chi connectivity index (χ1n) is 7.84. The Morgan fingerprint density at radius 3 is 2.96 bits per heavy atom. The summed E-state index contributed by atoms with van der Waals surface area (Å²) in [6.07, 6.45) is 0.0560. The Morgan fingerprint density at radius 1 is 1.44 bits per heavy atom. The summed E-state index contributed by atoms with van der Waals surface area (Å²) in [5, 5.41) is 7.45. The molecule has 1 N–H and O–H groups in total. The maximum Gasteiger partial charge on any atom is 0.122 e. The molecule has 1 saturated heterocycles. The van der Waals surface area contributed by atoms with E-state index in [1.54, 1.807) is 18.4 Å². The summed E-state index contributed by atoms with van der Waals surface area (Å²) in [7, 11) is 1.72. The van der Waals surface area contributed by atoms with Crippen LogP contribution in [0.4, 0.5) is 0 Å². The number of piperazine rings is 1. The van der Waals surface area contributed by atoms with E-state index in [9.17, 15) is 0 Å². The number of methoxy groups -OCH3 is 1. The molecule has 0 bridgehead atoms. The molecule has 2 unspecified atom stereocenters. The van der Waals surface area contributed by atoms with Gasteiger partial charge in [0.25, 0.3) is 0 Å². The van der Waals surface area contributed by atoms with Crippen molar-refractivity contribution in [2.75, 3.05) is 26.7 Å². The van der Waals surface area contributed by atoms with Gasteiger partial charge in [0, 0.05) is 49.7 Å². The molecule has 3 rings (SSSR count). The zero-order valence-electron chi connectivity index (χ0n) is 14.3. The highest BCUT2D eigenvalue weighted by atomic mass is 35.5. The van der Waals surface area contributed by atoms with E-state index in [0.29, 0.717) is 6.04 Å². The molecule has 1 aliphatic rings. The Labute approximate surface area is 170 Å². The molecule has 1 aromatic carbocycles. The fourth-order valence-corrected chi connectivity index (χ4v) is 3.91. The van der Waals surface area contributed by atoms with Gasteiger partial charge in [-0.3, -0.25) is 4.90 Å². The highest BCUT2D eigenvalue weighted by Crippen LogP contribution is 2.27. The maximum absolute atomic E-state index is 6.16. The molecule has 0 radical (unpaired) electrons. The van der Waals surface area contributed by atoms with Crippen molar-refractivity contribution in [1.82, 2.24) is 15.2 Å². The standard InChI is InChI=1S/C17H22ClN3OS.2ClH/c1-12(22-2)17-20-15(11-23-17)10-21-7-6-19-9-16(21)13-4-3-5-14(18)8-13;;/h3-5,8,11-12,16,19H,6-7,9-10H2,1-2H3;2*1H. The third-order valence-electron chi connectivity index (χ3n) is 4.22. The normalized spacial score (nSPS) is 18.9. The van der Waals surface area contributed by atoms with Crippen molar-refractivity contribution in [1.29, 1.82) is 0 Å². The van der Waals surface area contributed by atoms with E-state index in [4.69, 9.17) is 21.3 Å². The van der Waals surface area contributed by atoms with Crippen molar-refractivity contribution in [3.05, 3.63) is 50.9 Å². The fourth-order valence-electron chi connectivity index (χ4n) is 2.87. The average Bonchev–Trinajstić information content (AvgIpc) is 3.03. The van der Waals surface area contributed by atoms with E-state index in [1.807, 2.05) is 19.1 Å². The van der Waals surface area contributed by atoms with E-state index in [0.717, 1.165) is 41.9 Å². The molecular weight excluding hydrogens is 401 g/mol. The molecule has 0 spiro atoms. The molecule has 0 amide bonds. The highest BCUT2D eigenvalue weighted by molar-refractivity contribution is 7.09. The van der Waals surface area contributed by atoms with Crippen LogP contribution in [0.2, 0.25) is 5.02 Å². The molecule has 0 saturated carbocycles. The number of aromatic nitrogens is 1. The molecule has 2 aromatic rings. The monoisotopic (exact) mass is 423 g/mol. The van der Waals surface area contributed by atoms with Crippen molar-refractivity contribution in [2.24, 2.45) is 0 Å². The van der Waals surface area contributed by atoms with Crippen molar-refractivity contribution >= 4 is 47.8 Å². The maximum atomic E-state index is 6.16. The predicted octanol–water partition coefficient (Wildman–Crippen LogP) is 4.49. The minimum atomic E-state index is 0. The first kappa shape index (κ1) is 22.6. The lowest BCUT2D eigenvalue weighted by Gasteiger charge is -2.36. The molecule has 1 fully saturated rings. The minimum Gasteiger partial charge on any atom is -0.375 e. The van der Waals surface area contributed by atoms with Crippen molar-refractivity contribution in [3.63, 3.8) is 0 Å². The quantitative estimate of drug-likeness (QED) is 0.767. The number of ether oxygens (including phenoxy) is 1. The smallest absolute Gasteiger partial charge is 0.122 e. The Balaban J connectivity index is 0.00000156. The number of hydrogen-bond acceptors (Lipinski definition) is 5. The molecule has 2 heterocycles.